The zero-order chi connectivity index (χ0) is 22.3. The van der Waals surface area contributed by atoms with Gasteiger partial charge in [-0.3, -0.25) is 4.79 Å². The van der Waals surface area contributed by atoms with Crippen LogP contribution >= 0.6 is 0 Å². The van der Waals surface area contributed by atoms with Crippen LogP contribution in [0.3, 0.4) is 0 Å². The Morgan fingerprint density at radius 2 is 1.72 bits per heavy atom. The molecule has 1 unspecified atom stereocenters. The minimum Gasteiger partial charge on any atom is -0.345 e. The summed E-state index contributed by atoms with van der Waals surface area (Å²) in [5.74, 6) is -0.671. The lowest BCUT2D eigenvalue weighted by atomic mass is 9.98. The minimum absolute atomic E-state index is 0.190. The predicted octanol–water partition coefficient (Wildman–Crippen LogP) is 3.41. The van der Waals surface area contributed by atoms with Crippen molar-refractivity contribution >= 4 is 23.0 Å². The molecule has 0 radical (unpaired) electrons. The Kier molecular flexibility index (Phi) is 6.41. The van der Waals surface area contributed by atoms with Crippen molar-refractivity contribution in [3.8, 4) is 0 Å². The Labute approximate surface area is 184 Å². The molecule has 7 nitrogen and oxygen atoms in total. The molecule has 3 aromatic carbocycles. The smallest absolute Gasteiger partial charge is 0.315 e. The molecule has 0 aliphatic carbocycles. The summed E-state index contributed by atoms with van der Waals surface area (Å²) in [6.45, 7) is 0.0372. The van der Waals surface area contributed by atoms with Crippen LogP contribution < -0.4 is 16.0 Å². The molecule has 162 valence electrons. The van der Waals surface area contributed by atoms with Gasteiger partial charge in [0.05, 0.1) is 29.9 Å². The van der Waals surface area contributed by atoms with Gasteiger partial charge in [0.25, 0.3) is 0 Å². The average Bonchev–Trinajstić information content (AvgIpc) is 3.29. The molecule has 0 saturated heterocycles. The summed E-state index contributed by atoms with van der Waals surface area (Å²) in [4.78, 5) is 32.0. The highest BCUT2D eigenvalue weighted by molar-refractivity contribution is 5.84. The lowest BCUT2D eigenvalue weighted by molar-refractivity contribution is -0.120. The monoisotopic (exact) mass is 431 g/mol. The second kappa shape index (κ2) is 9.74. The van der Waals surface area contributed by atoms with E-state index in [9.17, 15) is 14.0 Å². The van der Waals surface area contributed by atoms with Crippen LogP contribution in [0.25, 0.3) is 11.0 Å². The number of aromatic amines is 1. The second-order valence-electron chi connectivity index (χ2n) is 7.25. The molecule has 1 heterocycles. The SMILES string of the molecule is O=C(CNC(=O)NCc1ccc(F)cc1)NC(c1ccccc1)c1ccc2nc[nH]c2c1. The van der Waals surface area contributed by atoms with E-state index >= 15 is 0 Å². The Morgan fingerprint density at radius 3 is 2.50 bits per heavy atom. The normalized spacial score (nSPS) is 11.7. The first-order valence-corrected chi connectivity index (χ1v) is 10.1. The van der Waals surface area contributed by atoms with Gasteiger partial charge in [0.1, 0.15) is 5.82 Å². The molecule has 4 aromatic rings. The lowest BCUT2D eigenvalue weighted by Crippen LogP contribution is -2.42. The van der Waals surface area contributed by atoms with Gasteiger partial charge in [0.2, 0.25) is 5.91 Å². The van der Waals surface area contributed by atoms with Crippen LogP contribution in [-0.4, -0.2) is 28.5 Å². The summed E-state index contributed by atoms with van der Waals surface area (Å²) in [6, 6.07) is 20.3. The van der Waals surface area contributed by atoms with Crippen molar-refractivity contribution in [1.82, 2.24) is 25.9 Å². The number of halogens is 1. The van der Waals surface area contributed by atoms with Gasteiger partial charge in [0, 0.05) is 6.54 Å². The summed E-state index contributed by atoms with van der Waals surface area (Å²) in [5.41, 5.74) is 4.27. The minimum atomic E-state index is -0.486. The van der Waals surface area contributed by atoms with Gasteiger partial charge < -0.3 is 20.9 Å². The number of rotatable bonds is 7. The second-order valence-corrected chi connectivity index (χ2v) is 7.25. The summed E-state index contributed by atoms with van der Waals surface area (Å²) >= 11 is 0. The molecule has 0 saturated carbocycles. The summed E-state index contributed by atoms with van der Waals surface area (Å²) in [6.07, 6.45) is 1.62. The predicted molar refractivity (Wildman–Crippen MR) is 119 cm³/mol. The van der Waals surface area contributed by atoms with Crippen molar-refractivity contribution in [1.29, 1.82) is 0 Å². The average molecular weight is 431 g/mol. The van der Waals surface area contributed by atoms with E-state index in [-0.39, 0.29) is 30.9 Å². The highest BCUT2D eigenvalue weighted by Crippen LogP contribution is 2.24. The van der Waals surface area contributed by atoms with Crippen LogP contribution in [0.15, 0.2) is 79.1 Å². The number of hydrogen-bond donors (Lipinski definition) is 4. The lowest BCUT2D eigenvalue weighted by Gasteiger charge is -2.20. The molecular formula is C24H22FN5O2. The molecule has 1 aromatic heterocycles. The fourth-order valence-corrected chi connectivity index (χ4v) is 3.36. The third kappa shape index (κ3) is 5.28. The zero-order valence-corrected chi connectivity index (χ0v) is 17.1. The van der Waals surface area contributed by atoms with Gasteiger partial charge >= 0.3 is 6.03 Å². The van der Waals surface area contributed by atoms with Crippen molar-refractivity contribution in [3.05, 3.63) is 102 Å². The molecule has 0 spiro atoms. The Balaban J connectivity index is 1.38. The molecule has 4 rings (SSSR count). The van der Waals surface area contributed by atoms with Gasteiger partial charge in [-0.05, 0) is 41.0 Å². The molecular weight excluding hydrogens is 409 g/mol. The Bertz CT molecular complexity index is 1210. The van der Waals surface area contributed by atoms with Crippen molar-refractivity contribution in [3.63, 3.8) is 0 Å². The molecule has 8 heteroatoms. The maximum atomic E-state index is 13.0. The molecule has 32 heavy (non-hydrogen) atoms. The van der Waals surface area contributed by atoms with E-state index < -0.39 is 6.03 Å². The number of fused-ring (bicyclic) bond motifs is 1. The van der Waals surface area contributed by atoms with Gasteiger partial charge in [0.15, 0.2) is 0 Å². The number of carbonyl (C=O) groups is 2. The standard InChI is InChI=1S/C24H22FN5O2/c25-19-9-6-16(7-10-19)13-26-24(32)27-14-22(31)30-23(17-4-2-1-3-5-17)18-8-11-20-21(12-18)29-15-28-20/h1-12,15,23H,13-14H2,(H,28,29)(H,30,31)(H2,26,27,32). The van der Waals surface area contributed by atoms with Crippen LogP contribution in [0, 0.1) is 5.82 Å². The number of imidazole rings is 1. The van der Waals surface area contributed by atoms with E-state index in [1.807, 2.05) is 48.5 Å². The van der Waals surface area contributed by atoms with E-state index in [0.29, 0.717) is 0 Å². The number of nitrogens with zero attached hydrogens (tertiary/aromatic N) is 1. The van der Waals surface area contributed by atoms with Crippen LogP contribution in [0.4, 0.5) is 9.18 Å². The van der Waals surface area contributed by atoms with Gasteiger partial charge in [-0.25, -0.2) is 14.2 Å². The number of hydrogen-bond acceptors (Lipinski definition) is 3. The van der Waals surface area contributed by atoms with Crippen molar-refractivity contribution in [2.24, 2.45) is 0 Å². The van der Waals surface area contributed by atoms with Crippen molar-refractivity contribution in [2.45, 2.75) is 12.6 Å². The van der Waals surface area contributed by atoms with Crippen LogP contribution in [-0.2, 0) is 11.3 Å². The molecule has 3 amide bonds. The van der Waals surface area contributed by atoms with E-state index in [1.54, 1.807) is 18.5 Å². The number of aromatic nitrogens is 2. The zero-order valence-electron chi connectivity index (χ0n) is 17.1. The third-order valence-corrected chi connectivity index (χ3v) is 4.99. The highest BCUT2D eigenvalue weighted by Gasteiger charge is 2.18. The Morgan fingerprint density at radius 1 is 0.938 bits per heavy atom. The van der Waals surface area contributed by atoms with Crippen LogP contribution in [0.5, 0.6) is 0 Å². The molecule has 1 atom stereocenters. The third-order valence-electron chi connectivity index (χ3n) is 4.99. The van der Waals surface area contributed by atoms with E-state index in [4.69, 9.17) is 0 Å². The maximum Gasteiger partial charge on any atom is 0.315 e. The van der Waals surface area contributed by atoms with E-state index in [0.717, 1.165) is 27.7 Å². The fourth-order valence-electron chi connectivity index (χ4n) is 3.36. The Hall–Kier alpha value is -4.20. The first-order chi connectivity index (χ1) is 15.6. The van der Waals surface area contributed by atoms with Crippen molar-refractivity contribution in [2.75, 3.05) is 6.54 Å². The quantitative estimate of drug-likeness (QED) is 0.361. The van der Waals surface area contributed by atoms with Gasteiger partial charge in [-0.2, -0.15) is 0 Å². The molecule has 0 fully saturated rings. The molecule has 4 N–H and O–H groups in total. The molecule has 0 aliphatic heterocycles. The van der Waals surface area contributed by atoms with Gasteiger partial charge in [-0.15, -0.1) is 0 Å². The first kappa shape index (κ1) is 21.0. The number of nitrogens with one attached hydrogen (secondary N) is 4. The maximum absolute atomic E-state index is 13.0. The summed E-state index contributed by atoms with van der Waals surface area (Å²) in [5, 5.41) is 8.17. The molecule has 0 bridgehead atoms. The van der Waals surface area contributed by atoms with Crippen LogP contribution in [0.2, 0.25) is 0 Å². The summed E-state index contributed by atoms with van der Waals surface area (Å²) in [7, 11) is 0. The fraction of sp³-hybridized carbons (Fsp3) is 0.125. The van der Waals surface area contributed by atoms with Crippen LogP contribution in [0.1, 0.15) is 22.7 Å². The summed E-state index contributed by atoms with van der Waals surface area (Å²) < 4.78 is 13.0. The highest BCUT2D eigenvalue weighted by atomic mass is 19.1. The number of urea groups is 1. The van der Waals surface area contributed by atoms with Gasteiger partial charge in [-0.1, -0.05) is 48.5 Å². The number of amides is 3. The number of carbonyl (C=O) groups excluding carboxylic acids is 2. The first-order valence-electron chi connectivity index (χ1n) is 10.1. The van der Waals surface area contributed by atoms with E-state index in [1.165, 1.54) is 12.1 Å². The number of H-pyrrole nitrogens is 1. The molecule has 0 aliphatic rings. The number of benzene rings is 3. The largest absolute Gasteiger partial charge is 0.345 e. The van der Waals surface area contributed by atoms with E-state index in [2.05, 4.69) is 25.9 Å². The topological polar surface area (TPSA) is 98.9 Å². The van der Waals surface area contributed by atoms with Crippen molar-refractivity contribution < 1.29 is 14.0 Å².